The van der Waals surface area contributed by atoms with E-state index in [0.29, 0.717) is 17.7 Å². The molecule has 2 rings (SSSR count). The Kier molecular flexibility index (Phi) is 13.5. The molecule has 0 heterocycles. The van der Waals surface area contributed by atoms with Gasteiger partial charge in [0.2, 0.25) is 0 Å². The third-order valence-corrected chi connectivity index (χ3v) is 6.15. The van der Waals surface area contributed by atoms with Crippen LogP contribution in [0, 0.1) is 0 Å². The zero-order chi connectivity index (χ0) is 21.8. The molecule has 0 bridgehead atoms. The summed E-state index contributed by atoms with van der Waals surface area (Å²) in [6, 6.07) is 10.6. The first kappa shape index (κ1) is 28.0. The van der Waals surface area contributed by atoms with E-state index in [9.17, 15) is 18.1 Å². The molecule has 0 saturated carbocycles. The Morgan fingerprint density at radius 3 is 1.94 bits per heavy atom. The van der Waals surface area contributed by atoms with Crippen LogP contribution in [0.4, 0.5) is 0 Å². The van der Waals surface area contributed by atoms with Gasteiger partial charge in [-0.25, -0.2) is 0 Å². The van der Waals surface area contributed by atoms with Crippen LogP contribution in [-0.2, 0) is 16.5 Å². The first-order valence-electron chi connectivity index (χ1n) is 11.0. The van der Waals surface area contributed by atoms with Gasteiger partial charge in [0, 0.05) is 0 Å². The predicted molar refractivity (Wildman–Crippen MR) is 118 cm³/mol. The third kappa shape index (κ3) is 10.4. The molecule has 0 aliphatic rings. The Hall–Kier alpha value is -1.05. The second-order valence-electron chi connectivity index (χ2n) is 7.72. The molecule has 0 fully saturated rings. The van der Waals surface area contributed by atoms with Gasteiger partial charge in [-0.3, -0.25) is 4.55 Å². The molecular weight excluding hydrogens is 423 g/mol. The molecule has 2 aromatic carbocycles. The summed E-state index contributed by atoms with van der Waals surface area (Å²) in [6.45, 7) is 2.22. The summed E-state index contributed by atoms with van der Waals surface area (Å²) >= 11 is 0. The fourth-order valence-corrected chi connectivity index (χ4v) is 4.43. The third-order valence-electron chi connectivity index (χ3n) is 5.17. The summed E-state index contributed by atoms with van der Waals surface area (Å²) in [5.74, 6) is 0.253. The normalized spacial score (nSPS) is 11.2. The van der Waals surface area contributed by atoms with Crippen LogP contribution in [-0.4, -0.2) is 13.0 Å². The van der Waals surface area contributed by atoms with Crippen LogP contribution in [0.2, 0.25) is 0 Å². The summed E-state index contributed by atoms with van der Waals surface area (Å²) in [5.41, 5.74) is 0.551. The van der Waals surface area contributed by atoms with Gasteiger partial charge in [0.05, 0.1) is 0 Å². The van der Waals surface area contributed by atoms with E-state index in [1.165, 1.54) is 75.3 Å². The minimum atomic E-state index is -4.44. The van der Waals surface area contributed by atoms with Crippen molar-refractivity contribution in [3.63, 3.8) is 0 Å². The van der Waals surface area contributed by atoms with Gasteiger partial charge in [-0.05, 0) is 36.6 Å². The van der Waals surface area contributed by atoms with Crippen molar-refractivity contribution in [1.29, 1.82) is 0 Å². The SMILES string of the molecule is CCCCCCCCCCCCc1cccc(Oc2ccc([O-])cc2)c1S(=O)(=O)O.[Na+]. The molecule has 0 spiro atoms. The molecule has 0 unspecified atom stereocenters. The summed E-state index contributed by atoms with van der Waals surface area (Å²) in [7, 11) is -4.44. The Morgan fingerprint density at radius 1 is 0.839 bits per heavy atom. The maximum absolute atomic E-state index is 12.0. The fourth-order valence-electron chi connectivity index (χ4n) is 3.57. The average Bonchev–Trinajstić information content (AvgIpc) is 2.70. The largest absolute Gasteiger partial charge is 1.00 e. The van der Waals surface area contributed by atoms with Crippen molar-refractivity contribution in [3.05, 3.63) is 48.0 Å². The number of unbranched alkanes of at least 4 members (excludes halogenated alkanes) is 9. The summed E-state index contributed by atoms with van der Waals surface area (Å²) in [5, 5.41) is 11.2. The summed E-state index contributed by atoms with van der Waals surface area (Å²) in [6.07, 6.45) is 12.6. The van der Waals surface area contributed by atoms with Crippen molar-refractivity contribution < 1.29 is 52.4 Å². The van der Waals surface area contributed by atoms with E-state index in [1.54, 1.807) is 12.1 Å². The Morgan fingerprint density at radius 2 is 1.39 bits per heavy atom. The van der Waals surface area contributed by atoms with Gasteiger partial charge in [-0.1, -0.05) is 89.0 Å². The summed E-state index contributed by atoms with van der Waals surface area (Å²) in [4.78, 5) is -0.188. The molecule has 0 aromatic heterocycles. The van der Waals surface area contributed by atoms with E-state index in [0.717, 1.165) is 19.3 Å². The van der Waals surface area contributed by atoms with Crippen LogP contribution in [0.5, 0.6) is 17.2 Å². The Bertz CT molecular complexity index is 866. The molecule has 0 amide bonds. The second kappa shape index (κ2) is 14.9. The van der Waals surface area contributed by atoms with Crippen LogP contribution < -0.4 is 39.4 Å². The van der Waals surface area contributed by atoms with E-state index >= 15 is 0 Å². The number of benzene rings is 2. The Labute approximate surface area is 209 Å². The van der Waals surface area contributed by atoms with Crippen LogP contribution in [0.1, 0.15) is 76.7 Å². The zero-order valence-electron chi connectivity index (χ0n) is 18.8. The minimum Gasteiger partial charge on any atom is -0.872 e. The van der Waals surface area contributed by atoms with E-state index < -0.39 is 10.1 Å². The molecule has 0 aliphatic heterocycles. The molecule has 0 saturated heterocycles. The van der Waals surface area contributed by atoms with Crippen molar-refractivity contribution >= 4 is 10.1 Å². The first-order chi connectivity index (χ1) is 14.4. The van der Waals surface area contributed by atoms with Crippen LogP contribution in [0.3, 0.4) is 0 Å². The molecule has 0 atom stereocenters. The first-order valence-corrected chi connectivity index (χ1v) is 12.4. The topological polar surface area (TPSA) is 86.7 Å². The molecule has 2 aromatic rings. The Balaban J connectivity index is 0.00000480. The van der Waals surface area contributed by atoms with E-state index in [2.05, 4.69) is 6.92 Å². The number of hydrogen-bond acceptors (Lipinski definition) is 4. The maximum atomic E-state index is 12.0. The van der Waals surface area contributed by atoms with Gasteiger partial charge < -0.3 is 9.84 Å². The molecule has 31 heavy (non-hydrogen) atoms. The minimum absolute atomic E-state index is 0. The molecule has 166 valence electrons. The van der Waals surface area contributed by atoms with Gasteiger partial charge in [0.25, 0.3) is 10.1 Å². The van der Waals surface area contributed by atoms with Crippen molar-refractivity contribution in [1.82, 2.24) is 0 Å². The van der Waals surface area contributed by atoms with Gasteiger partial charge >= 0.3 is 29.6 Å². The molecular formula is C24H33NaO5S. The molecule has 1 N–H and O–H groups in total. The number of rotatable bonds is 14. The molecule has 7 heteroatoms. The van der Waals surface area contributed by atoms with Crippen LogP contribution in [0.15, 0.2) is 47.4 Å². The van der Waals surface area contributed by atoms with E-state index in [1.807, 2.05) is 0 Å². The second-order valence-corrected chi connectivity index (χ2v) is 9.08. The maximum Gasteiger partial charge on any atom is 1.00 e. The van der Waals surface area contributed by atoms with Crippen molar-refractivity contribution in [2.75, 3.05) is 0 Å². The molecule has 0 aliphatic carbocycles. The van der Waals surface area contributed by atoms with Gasteiger partial charge in [0.15, 0.2) is 0 Å². The fraction of sp³-hybridized carbons (Fsp3) is 0.500. The van der Waals surface area contributed by atoms with Gasteiger partial charge in [0.1, 0.15) is 16.4 Å². The van der Waals surface area contributed by atoms with Crippen LogP contribution in [0.25, 0.3) is 0 Å². The number of hydrogen-bond donors (Lipinski definition) is 1. The average molecular weight is 457 g/mol. The van der Waals surface area contributed by atoms with Crippen molar-refractivity contribution in [2.45, 2.75) is 82.4 Å². The van der Waals surface area contributed by atoms with E-state index in [-0.39, 0.29) is 46.0 Å². The molecule has 0 radical (unpaired) electrons. The standard InChI is InChI=1S/C24H34O5S.Na/c1-2-3-4-5-6-7-8-9-10-11-13-20-14-12-15-23(24(20)30(26,27)28)29-22-18-16-21(25)17-19-22;/h12,14-19,25H,2-11,13H2,1H3,(H,26,27,28);/q;+1/p-1. The monoisotopic (exact) mass is 456 g/mol. The zero-order valence-corrected chi connectivity index (χ0v) is 21.6. The van der Waals surface area contributed by atoms with Crippen molar-refractivity contribution in [3.8, 4) is 17.2 Å². The molecule has 5 nitrogen and oxygen atoms in total. The smallest absolute Gasteiger partial charge is 0.872 e. The number of ether oxygens (including phenoxy) is 1. The summed E-state index contributed by atoms with van der Waals surface area (Å²) < 4.78 is 39.5. The van der Waals surface area contributed by atoms with Crippen molar-refractivity contribution in [2.24, 2.45) is 0 Å². The van der Waals surface area contributed by atoms with Gasteiger partial charge in [-0.2, -0.15) is 8.42 Å². The quantitative estimate of drug-likeness (QED) is 0.268. The van der Waals surface area contributed by atoms with E-state index in [4.69, 9.17) is 4.74 Å². The van der Waals surface area contributed by atoms with Gasteiger partial charge in [-0.15, -0.1) is 5.75 Å². The predicted octanol–water partition coefficient (Wildman–Crippen LogP) is 3.27. The van der Waals surface area contributed by atoms with Crippen LogP contribution >= 0.6 is 0 Å². The number of aryl methyl sites for hydroxylation is 1.